The molecule has 1 aromatic rings. The van der Waals surface area contributed by atoms with Gasteiger partial charge in [-0.15, -0.1) is 0 Å². The van der Waals surface area contributed by atoms with E-state index < -0.39 is 0 Å². The number of hydrogen-bond donors (Lipinski definition) is 1. The molecule has 2 saturated carbocycles. The number of unbranched alkanes of at least 4 members (excludes halogenated alkanes) is 1. The summed E-state index contributed by atoms with van der Waals surface area (Å²) in [6, 6.07) is 0. The van der Waals surface area contributed by atoms with Crippen molar-refractivity contribution in [3.8, 4) is 0 Å². The predicted molar refractivity (Wildman–Crippen MR) is 74.6 cm³/mol. The van der Waals surface area contributed by atoms with Gasteiger partial charge in [0.25, 0.3) is 0 Å². The van der Waals surface area contributed by atoms with E-state index in [2.05, 4.69) is 28.0 Å². The van der Waals surface area contributed by atoms with Crippen molar-refractivity contribution in [2.75, 3.05) is 11.9 Å². The Bertz CT molecular complexity index is 365. The molecule has 0 spiro atoms. The molecule has 0 amide bonds. The van der Waals surface area contributed by atoms with Crippen LogP contribution in [-0.4, -0.2) is 16.1 Å². The fraction of sp³-hybridized carbons (Fsp3) is 0.800. The van der Waals surface area contributed by atoms with Crippen LogP contribution in [0.1, 0.15) is 45.4 Å². The first-order chi connectivity index (χ1) is 8.88. The van der Waals surface area contributed by atoms with E-state index in [-0.39, 0.29) is 0 Å². The van der Waals surface area contributed by atoms with Crippen LogP contribution in [0, 0.1) is 17.8 Å². The van der Waals surface area contributed by atoms with E-state index in [4.69, 9.17) is 0 Å². The van der Waals surface area contributed by atoms with Crippen LogP contribution in [0.25, 0.3) is 0 Å². The average molecular weight is 247 g/mol. The molecule has 3 rings (SSSR count). The van der Waals surface area contributed by atoms with Crippen LogP contribution in [0.3, 0.4) is 0 Å². The topological polar surface area (TPSA) is 29.9 Å². The molecule has 0 saturated heterocycles. The van der Waals surface area contributed by atoms with E-state index in [1.807, 2.05) is 6.20 Å². The van der Waals surface area contributed by atoms with E-state index in [1.54, 1.807) is 0 Å². The third kappa shape index (κ3) is 2.88. The highest BCUT2D eigenvalue weighted by molar-refractivity contribution is 5.26. The number of nitrogens with zero attached hydrogens (tertiary/aromatic N) is 2. The SMILES string of the molecule is CCCCn1ccnc1NCC(C1CC1)C1CC1. The lowest BCUT2D eigenvalue weighted by molar-refractivity contribution is 0.426. The molecule has 100 valence electrons. The number of nitrogens with one attached hydrogen (secondary N) is 1. The van der Waals surface area contributed by atoms with Crippen LogP contribution in [0.2, 0.25) is 0 Å². The summed E-state index contributed by atoms with van der Waals surface area (Å²) in [6.45, 7) is 4.47. The van der Waals surface area contributed by atoms with Crippen LogP contribution in [0.15, 0.2) is 12.4 Å². The summed E-state index contributed by atoms with van der Waals surface area (Å²) >= 11 is 0. The third-order valence-corrected chi connectivity index (χ3v) is 4.42. The molecule has 0 aromatic carbocycles. The molecule has 1 N–H and O–H groups in total. The molecule has 3 heteroatoms. The lowest BCUT2D eigenvalue weighted by Crippen LogP contribution is -2.20. The van der Waals surface area contributed by atoms with Crippen molar-refractivity contribution in [3.63, 3.8) is 0 Å². The third-order valence-electron chi connectivity index (χ3n) is 4.42. The molecule has 0 bridgehead atoms. The van der Waals surface area contributed by atoms with E-state index in [9.17, 15) is 0 Å². The van der Waals surface area contributed by atoms with Crippen molar-refractivity contribution in [2.24, 2.45) is 17.8 Å². The van der Waals surface area contributed by atoms with Gasteiger partial charge in [-0.3, -0.25) is 0 Å². The number of aromatic nitrogens is 2. The number of rotatable bonds is 8. The zero-order chi connectivity index (χ0) is 12.4. The maximum Gasteiger partial charge on any atom is 0.202 e. The van der Waals surface area contributed by atoms with Gasteiger partial charge in [0.1, 0.15) is 0 Å². The predicted octanol–water partition coefficient (Wildman–Crippen LogP) is 3.53. The Hall–Kier alpha value is -0.990. The largest absolute Gasteiger partial charge is 0.355 e. The molecule has 1 heterocycles. The Balaban J connectivity index is 1.53. The van der Waals surface area contributed by atoms with Crippen molar-refractivity contribution in [1.29, 1.82) is 0 Å². The fourth-order valence-electron chi connectivity index (χ4n) is 2.96. The Morgan fingerprint density at radius 3 is 2.67 bits per heavy atom. The average Bonchev–Trinajstić information content (AvgIpc) is 3.28. The van der Waals surface area contributed by atoms with Crippen LogP contribution in [0.4, 0.5) is 5.95 Å². The highest BCUT2D eigenvalue weighted by Crippen LogP contribution is 2.49. The summed E-state index contributed by atoms with van der Waals surface area (Å²) < 4.78 is 2.26. The van der Waals surface area contributed by atoms with Crippen LogP contribution in [-0.2, 0) is 6.54 Å². The van der Waals surface area contributed by atoms with E-state index in [0.29, 0.717) is 0 Å². The van der Waals surface area contributed by atoms with Crippen molar-refractivity contribution in [1.82, 2.24) is 9.55 Å². The molecule has 0 radical (unpaired) electrons. The molecule has 0 aliphatic heterocycles. The van der Waals surface area contributed by atoms with Crippen LogP contribution >= 0.6 is 0 Å². The smallest absolute Gasteiger partial charge is 0.202 e. The van der Waals surface area contributed by atoms with Crippen molar-refractivity contribution in [3.05, 3.63) is 12.4 Å². The molecule has 0 unspecified atom stereocenters. The fourth-order valence-corrected chi connectivity index (χ4v) is 2.96. The second-order valence-electron chi connectivity index (χ2n) is 6.02. The van der Waals surface area contributed by atoms with Crippen molar-refractivity contribution >= 4 is 5.95 Å². The molecule has 1 aromatic heterocycles. The number of anilines is 1. The van der Waals surface area contributed by atoms with Gasteiger partial charge >= 0.3 is 0 Å². The van der Waals surface area contributed by atoms with Gasteiger partial charge in [0.05, 0.1) is 0 Å². The number of hydrogen-bond acceptors (Lipinski definition) is 2. The number of imidazole rings is 1. The first kappa shape index (κ1) is 12.1. The second kappa shape index (κ2) is 5.33. The van der Waals surface area contributed by atoms with Crippen LogP contribution in [0.5, 0.6) is 0 Å². The Morgan fingerprint density at radius 1 is 1.33 bits per heavy atom. The number of aryl methyl sites for hydroxylation is 1. The highest BCUT2D eigenvalue weighted by atomic mass is 15.2. The summed E-state index contributed by atoms with van der Waals surface area (Å²) in [6.07, 6.45) is 12.4. The maximum atomic E-state index is 4.45. The lowest BCUT2D eigenvalue weighted by atomic mass is 9.98. The first-order valence-corrected chi connectivity index (χ1v) is 7.63. The van der Waals surface area contributed by atoms with Gasteiger partial charge in [-0.1, -0.05) is 13.3 Å². The second-order valence-corrected chi connectivity index (χ2v) is 6.02. The molecular formula is C15H25N3. The zero-order valence-corrected chi connectivity index (χ0v) is 11.4. The summed E-state index contributed by atoms with van der Waals surface area (Å²) in [7, 11) is 0. The molecule has 2 aliphatic rings. The summed E-state index contributed by atoms with van der Waals surface area (Å²) in [5.41, 5.74) is 0. The maximum absolute atomic E-state index is 4.45. The van der Waals surface area contributed by atoms with Gasteiger partial charge in [-0.2, -0.15) is 0 Å². The van der Waals surface area contributed by atoms with E-state index >= 15 is 0 Å². The normalized spacial score (nSPS) is 19.4. The Labute approximate surface area is 110 Å². The lowest BCUT2D eigenvalue weighted by Gasteiger charge is -2.17. The minimum atomic E-state index is 0.918. The minimum absolute atomic E-state index is 0.918. The molecular weight excluding hydrogens is 222 g/mol. The van der Waals surface area contributed by atoms with Gasteiger partial charge in [-0.25, -0.2) is 4.98 Å². The molecule has 0 atom stereocenters. The highest BCUT2D eigenvalue weighted by Gasteiger charge is 2.41. The standard InChI is InChI=1S/C15H25N3/c1-2-3-9-18-10-8-16-15(18)17-11-14(12-4-5-12)13-6-7-13/h8,10,12-14H,2-7,9,11H2,1H3,(H,16,17). The van der Waals surface area contributed by atoms with Crippen LogP contribution < -0.4 is 5.32 Å². The quantitative estimate of drug-likeness (QED) is 0.761. The van der Waals surface area contributed by atoms with E-state index in [0.717, 1.165) is 36.8 Å². The van der Waals surface area contributed by atoms with Gasteiger partial charge < -0.3 is 9.88 Å². The molecule has 2 aliphatic carbocycles. The zero-order valence-electron chi connectivity index (χ0n) is 11.4. The summed E-state index contributed by atoms with van der Waals surface area (Å²) in [4.78, 5) is 4.45. The monoisotopic (exact) mass is 247 g/mol. The summed E-state index contributed by atoms with van der Waals surface area (Å²) in [5.74, 6) is 4.03. The Morgan fingerprint density at radius 2 is 2.06 bits per heavy atom. The van der Waals surface area contributed by atoms with Gasteiger partial charge in [0.15, 0.2) is 0 Å². The molecule has 2 fully saturated rings. The molecule has 3 nitrogen and oxygen atoms in total. The summed E-state index contributed by atoms with van der Waals surface area (Å²) in [5, 5.41) is 3.60. The Kier molecular flexibility index (Phi) is 3.57. The van der Waals surface area contributed by atoms with E-state index in [1.165, 1.54) is 38.5 Å². The van der Waals surface area contributed by atoms with Gasteiger partial charge in [-0.05, 0) is 49.9 Å². The van der Waals surface area contributed by atoms with Crippen molar-refractivity contribution in [2.45, 2.75) is 52.0 Å². The van der Waals surface area contributed by atoms with Gasteiger partial charge in [0.2, 0.25) is 5.95 Å². The van der Waals surface area contributed by atoms with Crippen molar-refractivity contribution < 1.29 is 0 Å². The van der Waals surface area contributed by atoms with Gasteiger partial charge in [0, 0.05) is 25.5 Å². The first-order valence-electron chi connectivity index (χ1n) is 7.63. The molecule has 18 heavy (non-hydrogen) atoms. The minimum Gasteiger partial charge on any atom is -0.355 e.